The third kappa shape index (κ3) is 3.50. The summed E-state index contributed by atoms with van der Waals surface area (Å²) in [5, 5.41) is 8.56. The van der Waals surface area contributed by atoms with Gasteiger partial charge >= 0.3 is 0 Å². The molecular formula is C22H33N5O2. The Kier molecular flexibility index (Phi) is 5.51. The minimum atomic E-state index is 0.135. The predicted molar refractivity (Wildman–Crippen MR) is 111 cm³/mol. The number of amides is 1. The molecule has 0 N–H and O–H groups in total. The van der Waals surface area contributed by atoms with E-state index >= 15 is 0 Å². The molecule has 1 saturated carbocycles. The van der Waals surface area contributed by atoms with Crippen molar-refractivity contribution in [3.05, 3.63) is 35.2 Å². The summed E-state index contributed by atoms with van der Waals surface area (Å²) in [6, 6.07) is 2.04. The molecule has 3 heterocycles. The maximum absolute atomic E-state index is 13.6. The van der Waals surface area contributed by atoms with Crippen LogP contribution in [0.3, 0.4) is 0 Å². The van der Waals surface area contributed by atoms with Gasteiger partial charge in [-0.2, -0.15) is 0 Å². The Balaban J connectivity index is 1.63. The Morgan fingerprint density at radius 3 is 2.69 bits per heavy atom. The van der Waals surface area contributed by atoms with E-state index in [0.29, 0.717) is 6.61 Å². The van der Waals surface area contributed by atoms with Crippen LogP contribution in [0.5, 0.6) is 0 Å². The van der Waals surface area contributed by atoms with Crippen molar-refractivity contribution in [2.24, 2.45) is 12.5 Å². The maximum atomic E-state index is 13.6. The molecule has 1 aliphatic carbocycles. The van der Waals surface area contributed by atoms with Crippen LogP contribution in [-0.2, 0) is 18.3 Å². The zero-order valence-corrected chi connectivity index (χ0v) is 18.1. The molecule has 1 unspecified atom stereocenters. The smallest absolute Gasteiger partial charge is 0.255 e. The highest BCUT2D eigenvalue weighted by Gasteiger charge is 2.50. The highest BCUT2D eigenvalue weighted by Crippen LogP contribution is 2.51. The zero-order chi connectivity index (χ0) is 20.6. The van der Waals surface area contributed by atoms with Crippen molar-refractivity contribution < 1.29 is 9.53 Å². The van der Waals surface area contributed by atoms with Crippen LogP contribution in [0.1, 0.15) is 65.6 Å². The van der Waals surface area contributed by atoms with Crippen LogP contribution < -0.4 is 0 Å². The van der Waals surface area contributed by atoms with E-state index in [-0.39, 0.29) is 17.2 Å². The lowest BCUT2D eigenvalue weighted by atomic mass is 9.67. The lowest BCUT2D eigenvalue weighted by Gasteiger charge is -2.37. The van der Waals surface area contributed by atoms with E-state index in [1.807, 2.05) is 24.6 Å². The molecule has 158 valence electrons. The molecule has 1 saturated heterocycles. The number of carbonyl (C=O) groups is 1. The molecule has 2 aromatic rings. The number of aryl methyl sites for hydroxylation is 2. The molecule has 29 heavy (non-hydrogen) atoms. The summed E-state index contributed by atoms with van der Waals surface area (Å²) >= 11 is 0. The summed E-state index contributed by atoms with van der Waals surface area (Å²) in [4.78, 5) is 15.6. The number of rotatable bonds is 5. The van der Waals surface area contributed by atoms with Crippen LogP contribution in [-0.4, -0.2) is 56.9 Å². The molecular weight excluding hydrogens is 366 g/mol. The zero-order valence-electron chi connectivity index (χ0n) is 18.1. The maximum Gasteiger partial charge on any atom is 0.255 e. The number of hydrogen-bond donors (Lipinski definition) is 0. The number of ether oxygens (including phenoxy) is 1. The van der Waals surface area contributed by atoms with Gasteiger partial charge in [-0.3, -0.25) is 4.79 Å². The number of hydrogen-bond acceptors (Lipinski definition) is 4. The SMILES string of the molecule is COCCn1c(C)cc(C(=O)N2CC(c3nncn3C)C3(CCCCC3)C2)c1C. The topological polar surface area (TPSA) is 65.2 Å². The largest absolute Gasteiger partial charge is 0.383 e. The van der Waals surface area contributed by atoms with E-state index in [2.05, 4.69) is 26.6 Å². The standard InChI is InChI=1S/C22H33N5O2/c1-16-12-18(17(2)27(16)10-11-29-4)21(28)26-13-19(20-24-23-15-25(20)3)22(14-26)8-6-5-7-9-22/h12,15,19H,5-11,13-14H2,1-4H3. The number of aromatic nitrogens is 4. The molecule has 0 aromatic carbocycles. The first-order chi connectivity index (χ1) is 14.0. The van der Waals surface area contributed by atoms with E-state index in [0.717, 1.165) is 42.4 Å². The second-order valence-corrected chi connectivity index (χ2v) is 8.89. The van der Waals surface area contributed by atoms with E-state index in [1.54, 1.807) is 13.4 Å². The Morgan fingerprint density at radius 2 is 2.03 bits per heavy atom. The second-order valence-electron chi connectivity index (χ2n) is 8.89. The Hall–Kier alpha value is -2.15. The van der Waals surface area contributed by atoms with Crippen LogP contribution in [0.4, 0.5) is 0 Å². The quantitative estimate of drug-likeness (QED) is 0.775. The van der Waals surface area contributed by atoms with Gasteiger partial charge in [-0.1, -0.05) is 19.3 Å². The molecule has 2 aromatic heterocycles. The van der Waals surface area contributed by atoms with Crippen molar-refractivity contribution in [3.63, 3.8) is 0 Å². The summed E-state index contributed by atoms with van der Waals surface area (Å²) < 4.78 is 9.45. The molecule has 2 aliphatic rings. The molecule has 1 aliphatic heterocycles. The second kappa shape index (κ2) is 7.94. The van der Waals surface area contributed by atoms with Crippen molar-refractivity contribution in [2.45, 2.75) is 58.4 Å². The fraction of sp³-hybridized carbons (Fsp3) is 0.682. The summed E-state index contributed by atoms with van der Waals surface area (Å²) in [7, 11) is 3.72. The van der Waals surface area contributed by atoms with Gasteiger partial charge in [0.2, 0.25) is 0 Å². The number of methoxy groups -OCH3 is 1. The molecule has 7 heteroatoms. The van der Waals surface area contributed by atoms with Gasteiger partial charge in [0.05, 0.1) is 12.2 Å². The Bertz CT molecular complexity index is 878. The van der Waals surface area contributed by atoms with Gasteiger partial charge in [0.25, 0.3) is 5.91 Å². The lowest BCUT2D eigenvalue weighted by molar-refractivity contribution is 0.0757. The van der Waals surface area contributed by atoms with E-state index in [9.17, 15) is 4.79 Å². The van der Waals surface area contributed by atoms with Crippen molar-refractivity contribution in [3.8, 4) is 0 Å². The highest BCUT2D eigenvalue weighted by atomic mass is 16.5. The average molecular weight is 400 g/mol. The molecule has 1 spiro atoms. The minimum Gasteiger partial charge on any atom is -0.383 e. The molecule has 7 nitrogen and oxygen atoms in total. The third-order valence-corrected chi connectivity index (χ3v) is 7.17. The first-order valence-electron chi connectivity index (χ1n) is 10.8. The fourth-order valence-corrected chi connectivity index (χ4v) is 5.56. The van der Waals surface area contributed by atoms with E-state index in [1.165, 1.54) is 32.1 Å². The van der Waals surface area contributed by atoms with Crippen molar-refractivity contribution in [2.75, 3.05) is 26.8 Å². The predicted octanol–water partition coefficient (Wildman–Crippen LogP) is 3.07. The summed E-state index contributed by atoms with van der Waals surface area (Å²) in [6.45, 7) is 7.08. The normalized spacial score (nSPS) is 21.2. The average Bonchev–Trinajstić information content (AvgIpc) is 3.37. The minimum absolute atomic E-state index is 0.135. The number of likely N-dealkylation sites (tertiary alicyclic amines) is 1. The molecule has 1 atom stereocenters. The van der Waals surface area contributed by atoms with Gasteiger partial charge in [-0.05, 0) is 38.2 Å². The molecule has 0 radical (unpaired) electrons. The van der Waals surface area contributed by atoms with Crippen LogP contribution in [0.15, 0.2) is 12.4 Å². The van der Waals surface area contributed by atoms with Crippen molar-refractivity contribution in [1.29, 1.82) is 0 Å². The number of nitrogens with zero attached hydrogens (tertiary/aromatic N) is 5. The highest BCUT2D eigenvalue weighted by molar-refractivity contribution is 5.96. The van der Waals surface area contributed by atoms with Gasteiger partial charge in [-0.15, -0.1) is 10.2 Å². The van der Waals surface area contributed by atoms with Crippen molar-refractivity contribution >= 4 is 5.91 Å². The van der Waals surface area contributed by atoms with Crippen molar-refractivity contribution in [1.82, 2.24) is 24.2 Å². The Morgan fingerprint density at radius 1 is 1.28 bits per heavy atom. The van der Waals surface area contributed by atoms with Gasteiger partial charge in [-0.25, -0.2) is 0 Å². The molecule has 2 fully saturated rings. The van der Waals surface area contributed by atoms with Gasteiger partial charge < -0.3 is 18.8 Å². The van der Waals surface area contributed by atoms with Crippen LogP contribution in [0.25, 0.3) is 0 Å². The van der Waals surface area contributed by atoms with E-state index < -0.39 is 0 Å². The fourth-order valence-electron chi connectivity index (χ4n) is 5.56. The first kappa shape index (κ1) is 20.1. The molecule has 4 rings (SSSR count). The molecule has 0 bridgehead atoms. The third-order valence-electron chi connectivity index (χ3n) is 7.17. The van der Waals surface area contributed by atoms with Gasteiger partial charge in [0.1, 0.15) is 12.2 Å². The first-order valence-corrected chi connectivity index (χ1v) is 10.8. The van der Waals surface area contributed by atoms with E-state index in [4.69, 9.17) is 4.74 Å². The van der Waals surface area contributed by atoms with Crippen LogP contribution >= 0.6 is 0 Å². The number of carbonyl (C=O) groups excluding carboxylic acids is 1. The van der Waals surface area contributed by atoms with Gasteiger partial charge in [0, 0.05) is 51.1 Å². The summed E-state index contributed by atoms with van der Waals surface area (Å²) in [5.41, 5.74) is 3.10. The Labute approximate surface area is 173 Å². The van der Waals surface area contributed by atoms with Crippen LogP contribution in [0.2, 0.25) is 0 Å². The monoisotopic (exact) mass is 399 g/mol. The van der Waals surface area contributed by atoms with Crippen LogP contribution in [0, 0.1) is 19.3 Å². The van der Waals surface area contributed by atoms with Gasteiger partial charge in [0.15, 0.2) is 0 Å². The molecule has 1 amide bonds. The summed E-state index contributed by atoms with van der Waals surface area (Å²) in [5.74, 6) is 1.43. The lowest BCUT2D eigenvalue weighted by Crippen LogP contribution is -2.34. The summed E-state index contributed by atoms with van der Waals surface area (Å²) in [6.07, 6.45) is 7.88.